The molecule has 0 bridgehead atoms. The summed E-state index contributed by atoms with van der Waals surface area (Å²) in [7, 11) is 0. The summed E-state index contributed by atoms with van der Waals surface area (Å²) < 4.78 is 0. The van der Waals surface area contributed by atoms with E-state index in [1.807, 2.05) is 6.08 Å². The highest BCUT2D eigenvalue weighted by Gasteiger charge is 1.95. The Hall–Kier alpha value is -1.30. The van der Waals surface area contributed by atoms with Gasteiger partial charge in [-0.25, -0.2) is 0 Å². The molecule has 0 heterocycles. The molecule has 1 aromatic rings. The molecule has 0 saturated carbocycles. The predicted molar refractivity (Wildman–Crippen MR) is 63.5 cm³/mol. The van der Waals surface area contributed by atoms with E-state index in [4.69, 9.17) is 0 Å². The lowest BCUT2D eigenvalue weighted by Gasteiger charge is -2.03. The number of aryl methyl sites for hydroxylation is 2. The van der Waals surface area contributed by atoms with Crippen LogP contribution in [-0.4, -0.2) is 0 Å². The minimum atomic E-state index is 1.01. The number of benzene rings is 1. The van der Waals surface area contributed by atoms with Gasteiger partial charge in [-0.15, -0.1) is 0 Å². The lowest BCUT2D eigenvalue weighted by atomic mass is 10.0. The molecule has 0 aliphatic carbocycles. The molecule has 0 aromatic heterocycles. The zero-order valence-electron chi connectivity index (χ0n) is 8.92. The Morgan fingerprint density at radius 1 is 1.36 bits per heavy atom. The maximum Gasteiger partial charge on any atom is -0.0238 e. The minimum Gasteiger partial charge on any atom is -0.0988 e. The molecule has 0 fully saturated rings. The highest BCUT2D eigenvalue weighted by molar-refractivity contribution is 5.25. The molecular formula is C14H18. The highest BCUT2D eigenvalue weighted by atomic mass is 14.0. The molecular weight excluding hydrogens is 168 g/mol. The number of hydrogen-bond donors (Lipinski definition) is 0. The monoisotopic (exact) mass is 186 g/mol. The maximum absolute atomic E-state index is 3.91. The van der Waals surface area contributed by atoms with E-state index in [9.17, 15) is 0 Å². The fourth-order valence-electron chi connectivity index (χ4n) is 1.41. The highest BCUT2D eigenvalue weighted by Crippen LogP contribution is 2.11. The summed E-state index contributed by atoms with van der Waals surface area (Å²) in [5.41, 5.74) is 3.92. The van der Waals surface area contributed by atoms with Gasteiger partial charge in [0, 0.05) is 0 Å². The molecule has 0 spiro atoms. The zero-order chi connectivity index (χ0) is 10.4. The molecule has 0 heteroatoms. The molecule has 74 valence electrons. The van der Waals surface area contributed by atoms with E-state index in [1.54, 1.807) is 0 Å². The smallest absolute Gasteiger partial charge is 0.0238 e. The Morgan fingerprint density at radius 2 is 2.07 bits per heavy atom. The molecule has 0 N–H and O–H groups in total. The van der Waals surface area contributed by atoms with Crippen molar-refractivity contribution in [1.82, 2.24) is 0 Å². The molecule has 0 aliphatic rings. The molecule has 0 saturated heterocycles. The van der Waals surface area contributed by atoms with E-state index in [1.165, 1.54) is 11.1 Å². The summed E-state index contributed by atoms with van der Waals surface area (Å²) in [6.07, 6.45) is 5.02. The van der Waals surface area contributed by atoms with Crippen LogP contribution < -0.4 is 0 Å². The van der Waals surface area contributed by atoms with E-state index in [-0.39, 0.29) is 0 Å². The Kier molecular flexibility index (Phi) is 4.18. The van der Waals surface area contributed by atoms with Gasteiger partial charge in [-0.1, -0.05) is 56.0 Å². The second kappa shape index (κ2) is 5.43. The van der Waals surface area contributed by atoms with Gasteiger partial charge in [-0.2, -0.15) is 0 Å². The van der Waals surface area contributed by atoms with Crippen molar-refractivity contribution >= 4 is 0 Å². The Bertz CT molecular complexity index is 321. The largest absolute Gasteiger partial charge is 0.0988 e. The summed E-state index contributed by atoms with van der Waals surface area (Å²) in [4.78, 5) is 0. The van der Waals surface area contributed by atoms with Gasteiger partial charge in [-0.3, -0.25) is 0 Å². The van der Waals surface area contributed by atoms with E-state index in [0.717, 1.165) is 24.8 Å². The van der Waals surface area contributed by atoms with Crippen molar-refractivity contribution in [3.05, 3.63) is 60.2 Å². The second-order valence-corrected chi connectivity index (χ2v) is 3.54. The van der Waals surface area contributed by atoms with Crippen LogP contribution in [0.3, 0.4) is 0 Å². The topological polar surface area (TPSA) is 0 Å². The summed E-state index contributed by atoms with van der Waals surface area (Å²) in [5, 5.41) is 0. The Morgan fingerprint density at radius 3 is 2.71 bits per heavy atom. The van der Waals surface area contributed by atoms with Gasteiger partial charge >= 0.3 is 0 Å². The van der Waals surface area contributed by atoms with Crippen molar-refractivity contribution in [2.45, 2.75) is 26.2 Å². The predicted octanol–water partition coefficient (Wildman–Crippen LogP) is 3.92. The molecule has 0 aliphatic heterocycles. The first kappa shape index (κ1) is 10.8. The minimum absolute atomic E-state index is 1.01. The average Bonchev–Trinajstić information content (AvgIpc) is 2.26. The van der Waals surface area contributed by atoms with Crippen LogP contribution in [0.2, 0.25) is 0 Å². The Balaban J connectivity index is 2.58. The van der Waals surface area contributed by atoms with Crippen LogP contribution in [0.4, 0.5) is 0 Å². The van der Waals surface area contributed by atoms with Crippen LogP contribution >= 0.6 is 0 Å². The van der Waals surface area contributed by atoms with Crippen molar-refractivity contribution < 1.29 is 0 Å². The fourth-order valence-corrected chi connectivity index (χ4v) is 1.41. The maximum atomic E-state index is 3.91. The lowest BCUT2D eigenvalue weighted by molar-refractivity contribution is 0.962. The van der Waals surface area contributed by atoms with Crippen LogP contribution in [0.25, 0.3) is 0 Å². The molecule has 0 nitrogen and oxygen atoms in total. The van der Waals surface area contributed by atoms with Gasteiger partial charge in [-0.05, 0) is 30.4 Å². The summed E-state index contributed by atoms with van der Waals surface area (Å²) in [5.74, 6) is 0. The normalized spacial score (nSPS) is 9.79. The van der Waals surface area contributed by atoms with Crippen molar-refractivity contribution in [1.29, 1.82) is 0 Å². The van der Waals surface area contributed by atoms with Gasteiger partial charge in [0.05, 0.1) is 0 Å². The van der Waals surface area contributed by atoms with Crippen LogP contribution in [0.5, 0.6) is 0 Å². The first-order valence-electron chi connectivity index (χ1n) is 5.14. The first-order valence-corrected chi connectivity index (χ1v) is 5.14. The van der Waals surface area contributed by atoms with Gasteiger partial charge in [0.1, 0.15) is 0 Å². The lowest BCUT2D eigenvalue weighted by Crippen LogP contribution is -1.88. The summed E-state index contributed by atoms with van der Waals surface area (Å²) >= 11 is 0. The van der Waals surface area contributed by atoms with Crippen molar-refractivity contribution in [2.24, 2.45) is 0 Å². The fraction of sp³-hybridized carbons (Fsp3) is 0.286. The third-order valence-corrected chi connectivity index (χ3v) is 2.42. The zero-order valence-corrected chi connectivity index (χ0v) is 8.92. The van der Waals surface area contributed by atoms with Crippen LogP contribution in [-0.2, 0) is 12.8 Å². The van der Waals surface area contributed by atoms with E-state index in [2.05, 4.69) is 44.3 Å². The quantitative estimate of drug-likeness (QED) is 0.611. The molecule has 0 radical (unpaired) electrons. The third-order valence-electron chi connectivity index (χ3n) is 2.42. The molecule has 14 heavy (non-hydrogen) atoms. The van der Waals surface area contributed by atoms with E-state index >= 15 is 0 Å². The van der Waals surface area contributed by atoms with Gasteiger partial charge < -0.3 is 0 Å². The number of rotatable bonds is 5. The van der Waals surface area contributed by atoms with Gasteiger partial charge in [0.2, 0.25) is 0 Å². The molecule has 1 aromatic carbocycles. The standard InChI is InChI=1S/C14H18/c1-4-12(3)9-10-14-8-6-7-13(5-2)11-14/h4,6-8,11H,1,3,5,9-10H2,2H3. The molecule has 0 atom stereocenters. The number of hydrogen-bond acceptors (Lipinski definition) is 0. The SMILES string of the molecule is C=CC(=C)CCc1cccc(CC)c1. The van der Waals surface area contributed by atoms with Crippen LogP contribution in [0, 0.1) is 0 Å². The number of allylic oxidation sites excluding steroid dienone is 2. The first-order chi connectivity index (χ1) is 6.76. The van der Waals surface area contributed by atoms with Crippen LogP contribution in [0.15, 0.2) is 49.1 Å². The molecule has 0 unspecified atom stereocenters. The average molecular weight is 186 g/mol. The second-order valence-electron chi connectivity index (χ2n) is 3.54. The van der Waals surface area contributed by atoms with Crippen LogP contribution in [0.1, 0.15) is 24.5 Å². The third kappa shape index (κ3) is 3.21. The molecule has 1 rings (SSSR count). The van der Waals surface area contributed by atoms with Gasteiger partial charge in [0.25, 0.3) is 0 Å². The van der Waals surface area contributed by atoms with E-state index < -0.39 is 0 Å². The van der Waals surface area contributed by atoms with E-state index in [0.29, 0.717) is 0 Å². The summed E-state index contributed by atoms with van der Waals surface area (Å²) in [6.45, 7) is 9.80. The van der Waals surface area contributed by atoms with Crippen molar-refractivity contribution in [3.8, 4) is 0 Å². The molecule has 0 amide bonds. The van der Waals surface area contributed by atoms with Crippen molar-refractivity contribution in [2.75, 3.05) is 0 Å². The van der Waals surface area contributed by atoms with Gasteiger partial charge in [0.15, 0.2) is 0 Å². The Labute approximate surface area is 87.0 Å². The van der Waals surface area contributed by atoms with Crippen molar-refractivity contribution in [3.63, 3.8) is 0 Å². The summed E-state index contributed by atoms with van der Waals surface area (Å²) in [6, 6.07) is 8.75.